The van der Waals surface area contributed by atoms with Crippen LogP contribution in [0.4, 0.5) is 4.39 Å². The van der Waals surface area contributed by atoms with Crippen LogP contribution in [0.15, 0.2) is 59.5 Å². The van der Waals surface area contributed by atoms with E-state index in [9.17, 15) is 18.0 Å². The first-order valence-electron chi connectivity index (χ1n) is 8.72. The Bertz CT molecular complexity index is 1260. The Hall–Kier alpha value is -2.75. The first-order chi connectivity index (χ1) is 14.6. The van der Waals surface area contributed by atoms with Crippen molar-refractivity contribution in [2.75, 3.05) is 12.8 Å². The summed E-state index contributed by atoms with van der Waals surface area (Å²) in [6.45, 7) is 0. The molecule has 2 aromatic carbocycles. The molecule has 1 heterocycles. The fourth-order valence-electron chi connectivity index (χ4n) is 2.56. The van der Waals surface area contributed by atoms with Crippen LogP contribution in [-0.4, -0.2) is 45.6 Å². The molecule has 3 aromatic rings. The quantitative estimate of drug-likeness (QED) is 0.339. The second-order valence-corrected chi connectivity index (χ2v) is 9.42. The number of halogens is 1. The van der Waals surface area contributed by atoms with Crippen LogP contribution in [0.5, 0.6) is 0 Å². The number of primary sulfonamides is 1. The molecule has 3 rings (SSSR count). The lowest BCUT2D eigenvalue weighted by atomic mass is 10.1. The van der Waals surface area contributed by atoms with Crippen LogP contribution < -0.4 is 5.14 Å². The van der Waals surface area contributed by atoms with Crippen molar-refractivity contribution in [2.24, 2.45) is 5.14 Å². The number of hydrogen-bond donors (Lipinski definition) is 2. The van der Waals surface area contributed by atoms with Crippen molar-refractivity contribution in [3.8, 4) is 28.8 Å². The zero-order valence-electron chi connectivity index (χ0n) is 16.2. The standard InChI is InChI=1S/C20H17FN4O3S3/c1-24(26)20(29)30-12-2-3-16-13-19(14-4-6-15(21)7-5-14)25(23-16)17-8-10-18(11-9-17)31(22,27)28/h4-11,13,26H,12H2,1H3,(H2,22,27,28). The molecule has 7 nitrogen and oxygen atoms in total. The number of rotatable bonds is 4. The molecule has 160 valence electrons. The van der Waals surface area contributed by atoms with Crippen LogP contribution in [0, 0.1) is 17.7 Å². The summed E-state index contributed by atoms with van der Waals surface area (Å²) in [5.74, 6) is 5.85. The molecular weight excluding hydrogens is 459 g/mol. The van der Waals surface area contributed by atoms with Crippen LogP contribution >= 0.6 is 24.0 Å². The van der Waals surface area contributed by atoms with E-state index in [-0.39, 0.29) is 10.7 Å². The van der Waals surface area contributed by atoms with Gasteiger partial charge in [0.05, 0.1) is 22.0 Å². The predicted octanol–water partition coefficient (Wildman–Crippen LogP) is 3.02. The number of nitrogens with two attached hydrogens (primary N) is 1. The molecule has 0 fully saturated rings. The maximum Gasteiger partial charge on any atom is 0.238 e. The molecule has 0 radical (unpaired) electrons. The minimum Gasteiger partial charge on any atom is -0.287 e. The fourth-order valence-corrected chi connectivity index (χ4v) is 3.71. The third-order valence-corrected chi connectivity index (χ3v) is 6.35. The van der Waals surface area contributed by atoms with Gasteiger partial charge < -0.3 is 0 Å². The number of benzene rings is 2. The van der Waals surface area contributed by atoms with Gasteiger partial charge in [-0.15, -0.1) is 0 Å². The van der Waals surface area contributed by atoms with Gasteiger partial charge in [0.2, 0.25) is 10.0 Å². The molecule has 0 spiro atoms. The summed E-state index contributed by atoms with van der Waals surface area (Å²) in [4.78, 5) is -0.0198. The number of thiocarbonyl (C=S) groups is 1. The number of sulfonamides is 1. The van der Waals surface area contributed by atoms with E-state index in [0.29, 0.717) is 32.7 Å². The second kappa shape index (κ2) is 9.59. The molecule has 0 saturated heterocycles. The third-order valence-electron chi connectivity index (χ3n) is 4.01. The lowest BCUT2D eigenvalue weighted by Crippen LogP contribution is -2.17. The Morgan fingerprint density at radius 3 is 2.48 bits per heavy atom. The molecule has 31 heavy (non-hydrogen) atoms. The average Bonchev–Trinajstić information content (AvgIpc) is 3.15. The summed E-state index contributed by atoms with van der Waals surface area (Å²) in [6.07, 6.45) is 0. The van der Waals surface area contributed by atoms with Crippen LogP contribution in [0.1, 0.15) is 5.69 Å². The van der Waals surface area contributed by atoms with E-state index in [1.807, 2.05) is 0 Å². The Kier molecular flexibility index (Phi) is 7.09. The van der Waals surface area contributed by atoms with Crippen molar-refractivity contribution < 1.29 is 18.0 Å². The van der Waals surface area contributed by atoms with Crippen LogP contribution in [0.3, 0.4) is 0 Å². The number of nitrogens with zero attached hydrogens (tertiary/aromatic N) is 3. The number of thioether (sulfide) groups is 1. The van der Waals surface area contributed by atoms with Crippen LogP contribution in [-0.2, 0) is 10.0 Å². The molecule has 0 aliphatic rings. The first-order valence-corrected chi connectivity index (χ1v) is 11.7. The molecule has 0 unspecified atom stereocenters. The largest absolute Gasteiger partial charge is 0.287 e. The van der Waals surface area contributed by atoms with Gasteiger partial charge >= 0.3 is 0 Å². The zero-order valence-corrected chi connectivity index (χ0v) is 18.6. The highest BCUT2D eigenvalue weighted by Crippen LogP contribution is 2.25. The Morgan fingerprint density at radius 1 is 1.26 bits per heavy atom. The van der Waals surface area contributed by atoms with E-state index in [1.54, 1.807) is 35.0 Å². The summed E-state index contributed by atoms with van der Waals surface area (Å²) >= 11 is 6.18. The fraction of sp³-hybridized carbons (Fsp3) is 0.100. The van der Waals surface area contributed by atoms with Crippen molar-refractivity contribution in [1.29, 1.82) is 0 Å². The molecular formula is C20H17FN4O3S3. The summed E-state index contributed by atoms with van der Waals surface area (Å²) in [7, 11) is -2.39. The highest BCUT2D eigenvalue weighted by atomic mass is 32.2. The van der Waals surface area contributed by atoms with Gasteiger partial charge in [-0.25, -0.2) is 27.7 Å². The monoisotopic (exact) mass is 476 g/mol. The smallest absolute Gasteiger partial charge is 0.238 e. The summed E-state index contributed by atoms with van der Waals surface area (Å²) in [5, 5.41) is 19.7. The minimum absolute atomic E-state index is 0.0198. The molecule has 0 saturated carbocycles. The van der Waals surface area contributed by atoms with Gasteiger partial charge in [-0.3, -0.25) is 5.21 Å². The molecule has 0 bridgehead atoms. The lowest BCUT2D eigenvalue weighted by molar-refractivity contribution is 0.0205. The Morgan fingerprint density at radius 2 is 1.90 bits per heavy atom. The predicted molar refractivity (Wildman–Crippen MR) is 122 cm³/mol. The number of aromatic nitrogens is 2. The second-order valence-electron chi connectivity index (χ2n) is 6.25. The van der Waals surface area contributed by atoms with E-state index in [4.69, 9.17) is 17.4 Å². The maximum atomic E-state index is 13.4. The molecule has 0 aliphatic heterocycles. The van der Waals surface area contributed by atoms with Gasteiger partial charge in [0, 0.05) is 18.7 Å². The van der Waals surface area contributed by atoms with Crippen molar-refractivity contribution in [1.82, 2.24) is 14.8 Å². The summed E-state index contributed by atoms with van der Waals surface area (Å²) < 4.78 is 38.3. The molecule has 0 aliphatic carbocycles. The van der Waals surface area contributed by atoms with Gasteiger partial charge in [-0.05, 0) is 54.5 Å². The van der Waals surface area contributed by atoms with Crippen LogP contribution in [0.2, 0.25) is 0 Å². The van der Waals surface area contributed by atoms with E-state index >= 15 is 0 Å². The van der Waals surface area contributed by atoms with Gasteiger partial charge in [-0.1, -0.05) is 29.9 Å². The normalized spacial score (nSPS) is 11.0. The summed E-state index contributed by atoms with van der Waals surface area (Å²) in [5.41, 5.74) is 2.39. The number of hydrogen-bond acceptors (Lipinski definition) is 6. The first kappa shape index (κ1) is 22.9. The van der Waals surface area contributed by atoms with E-state index in [2.05, 4.69) is 16.9 Å². The number of hydroxylamine groups is 2. The molecule has 1 aromatic heterocycles. The Balaban J connectivity index is 1.97. The van der Waals surface area contributed by atoms with E-state index in [1.165, 1.54) is 43.1 Å². The highest BCUT2D eigenvalue weighted by Gasteiger charge is 2.13. The van der Waals surface area contributed by atoms with Crippen LogP contribution in [0.25, 0.3) is 16.9 Å². The highest BCUT2D eigenvalue weighted by molar-refractivity contribution is 8.23. The molecule has 0 amide bonds. The van der Waals surface area contributed by atoms with Crippen molar-refractivity contribution >= 4 is 38.3 Å². The molecule has 0 atom stereocenters. The van der Waals surface area contributed by atoms with Gasteiger partial charge in [0.15, 0.2) is 4.32 Å². The topological polar surface area (TPSA) is 101 Å². The maximum absolute atomic E-state index is 13.4. The van der Waals surface area contributed by atoms with Gasteiger partial charge in [-0.2, -0.15) is 5.10 Å². The van der Waals surface area contributed by atoms with E-state index in [0.717, 1.165) is 5.06 Å². The molecule has 11 heteroatoms. The minimum atomic E-state index is -3.82. The summed E-state index contributed by atoms with van der Waals surface area (Å²) in [6, 6.07) is 13.6. The Labute approximate surface area is 188 Å². The van der Waals surface area contributed by atoms with Gasteiger partial charge in [0.1, 0.15) is 11.5 Å². The average molecular weight is 477 g/mol. The lowest BCUT2D eigenvalue weighted by Gasteiger charge is -2.08. The SMILES string of the molecule is CN(O)C(=S)SCC#Cc1cc(-c2ccc(F)cc2)n(-c2ccc(S(N)(=O)=O)cc2)n1. The van der Waals surface area contributed by atoms with Crippen molar-refractivity contribution in [3.63, 3.8) is 0 Å². The van der Waals surface area contributed by atoms with E-state index < -0.39 is 10.0 Å². The zero-order chi connectivity index (χ0) is 22.6. The molecule has 3 N–H and O–H groups in total. The third kappa shape index (κ3) is 5.90. The van der Waals surface area contributed by atoms with Gasteiger partial charge in [0.25, 0.3) is 0 Å². The van der Waals surface area contributed by atoms with Crippen molar-refractivity contribution in [3.05, 3.63) is 66.1 Å². The van der Waals surface area contributed by atoms with Crippen molar-refractivity contribution in [2.45, 2.75) is 4.90 Å².